The number of nitrogens with zero attached hydrogens (tertiary/aromatic N) is 3. The summed E-state index contributed by atoms with van der Waals surface area (Å²) in [7, 11) is -3.23. The number of halogens is 4. The maximum atomic E-state index is 13.6. The van der Waals surface area contributed by atoms with E-state index in [1.807, 2.05) is 0 Å². The van der Waals surface area contributed by atoms with Crippen molar-refractivity contribution in [3.8, 4) is 0 Å². The molecule has 2 aromatic rings. The maximum Gasteiger partial charge on any atom is 0.319 e. The Morgan fingerprint density at radius 3 is 2.59 bits per heavy atom. The Morgan fingerprint density at radius 1 is 1.32 bits per heavy atom. The first-order chi connectivity index (χ1) is 10.2. The van der Waals surface area contributed by atoms with E-state index in [-0.39, 0.29) is 5.82 Å². The van der Waals surface area contributed by atoms with Gasteiger partial charge >= 0.3 is 6.55 Å². The molecule has 0 bridgehead atoms. The highest BCUT2D eigenvalue weighted by Gasteiger charge is 2.26. The topological polar surface area (TPSA) is 55.2 Å². The first-order valence-corrected chi connectivity index (χ1v) is 7.38. The smallest absolute Gasteiger partial charge is 0.277 e. The van der Waals surface area contributed by atoms with Crippen LogP contribution in [0.4, 0.5) is 17.6 Å². The lowest BCUT2D eigenvalue weighted by Gasteiger charge is -2.18. The quantitative estimate of drug-likeness (QED) is 0.787. The molecule has 0 spiro atoms. The minimum Gasteiger partial charge on any atom is -0.277 e. The zero-order chi connectivity index (χ0) is 16.5. The molecule has 2 rings (SSSR count). The van der Waals surface area contributed by atoms with Crippen LogP contribution < -0.4 is 0 Å². The van der Waals surface area contributed by atoms with E-state index in [4.69, 9.17) is 0 Å². The molecule has 0 aliphatic carbocycles. The summed E-state index contributed by atoms with van der Waals surface area (Å²) in [4.78, 5) is 2.90. The molecule has 0 amide bonds. The lowest BCUT2D eigenvalue weighted by atomic mass is 10.3. The predicted molar refractivity (Wildman–Crippen MR) is 68.5 cm³/mol. The molecule has 0 unspecified atom stereocenters. The van der Waals surface area contributed by atoms with Gasteiger partial charge in [0.1, 0.15) is 22.4 Å². The summed E-state index contributed by atoms with van der Waals surface area (Å²) >= 11 is 0. The van der Waals surface area contributed by atoms with Gasteiger partial charge in [0.25, 0.3) is 0 Å². The molecule has 0 saturated carbocycles. The predicted octanol–water partition coefficient (Wildman–Crippen LogP) is 2.38. The van der Waals surface area contributed by atoms with Gasteiger partial charge in [0, 0.05) is 25.5 Å². The third-order valence-electron chi connectivity index (χ3n) is 2.91. The highest BCUT2D eigenvalue weighted by Crippen LogP contribution is 2.21. The minimum atomic E-state index is -4.31. The summed E-state index contributed by atoms with van der Waals surface area (Å²) < 4.78 is 77.4. The van der Waals surface area contributed by atoms with Gasteiger partial charge in [-0.2, -0.15) is 13.1 Å². The Balaban J connectivity index is 2.31. The number of benzene rings is 1. The van der Waals surface area contributed by atoms with E-state index in [9.17, 15) is 26.0 Å². The Labute approximate surface area is 123 Å². The van der Waals surface area contributed by atoms with Crippen molar-refractivity contribution in [2.45, 2.75) is 18.0 Å². The van der Waals surface area contributed by atoms with Crippen molar-refractivity contribution >= 4 is 10.0 Å². The van der Waals surface area contributed by atoms with Gasteiger partial charge in [-0.05, 0) is 12.1 Å². The molecule has 1 aromatic carbocycles. The molecule has 0 aliphatic heterocycles. The van der Waals surface area contributed by atoms with Crippen LogP contribution in [0.1, 0.15) is 12.4 Å². The van der Waals surface area contributed by atoms with Crippen LogP contribution in [0.3, 0.4) is 0 Å². The molecule has 10 heteroatoms. The number of sulfonamides is 1. The Bertz CT molecular complexity index is 776. The van der Waals surface area contributed by atoms with Crippen LogP contribution in [0.2, 0.25) is 0 Å². The van der Waals surface area contributed by atoms with Crippen LogP contribution in [-0.2, 0) is 16.6 Å². The van der Waals surface area contributed by atoms with Gasteiger partial charge in [-0.3, -0.25) is 4.57 Å². The highest BCUT2D eigenvalue weighted by atomic mass is 32.2. The van der Waals surface area contributed by atoms with Gasteiger partial charge in [-0.1, -0.05) is 0 Å². The molecule has 0 fully saturated rings. The molecule has 22 heavy (non-hydrogen) atoms. The van der Waals surface area contributed by atoms with Gasteiger partial charge in [0.15, 0.2) is 0 Å². The molecule has 0 radical (unpaired) electrons. The average Bonchev–Trinajstić information content (AvgIpc) is 2.86. The van der Waals surface area contributed by atoms with Crippen LogP contribution in [-0.4, -0.2) is 29.3 Å². The second kappa shape index (κ2) is 6.05. The number of hydrogen-bond acceptors (Lipinski definition) is 3. The standard InChI is InChI=1S/C12H11F4N3O2S/c1-18(7-11-17-4-5-19(11)12(15)16)22(20,21)10-3-2-8(13)6-9(10)14/h2-6,12H,7H2,1H3. The van der Waals surface area contributed by atoms with Gasteiger partial charge in [-0.25, -0.2) is 22.2 Å². The SMILES string of the molecule is CN(Cc1nccn1C(F)F)S(=O)(=O)c1ccc(F)cc1F. The first-order valence-electron chi connectivity index (χ1n) is 5.94. The second-order valence-corrected chi connectivity index (χ2v) is 6.38. The molecule has 5 nitrogen and oxygen atoms in total. The van der Waals surface area contributed by atoms with E-state index in [2.05, 4.69) is 4.98 Å². The van der Waals surface area contributed by atoms with E-state index < -0.39 is 39.6 Å². The molecule has 0 N–H and O–H groups in total. The first kappa shape index (κ1) is 16.4. The fraction of sp³-hybridized carbons (Fsp3) is 0.250. The maximum absolute atomic E-state index is 13.6. The van der Waals surface area contributed by atoms with E-state index in [0.717, 1.165) is 31.6 Å². The zero-order valence-corrected chi connectivity index (χ0v) is 12.1. The molecule has 0 aliphatic rings. The molecule has 0 saturated heterocycles. The molecular weight excluding hydrogens is 326 g/mol. The number of alkyl halides is 2. The molecule has 1 heterocycles. The van der Waals surface area contributed by atoms with Crippen molar-refractivity contribution in [2.75, 3.05) is 7.05 Å². The van der Waals surface area contributed by atoms with Crippen LogP contribution >= 0.6 is 0 Å². The summed E-state index contributed by atoms with van der Waals surface area (Å²) in [6, 6.07) is 2.00. The number of imidazole rings is 1. The highest BCUT2D eigenvalue weighted by molar-refractivity contribution is 7.89. The minimum absolute atomic E-state index is 0.205. The third-order valence-corrected chi connectivity index (χ3v) is 4.74. The van der Waals surface area contributed by atoms with E-state index >= 15 is 0 Å². The van der Waals surface area contributed by atoms with Gasteiger partial charge in [-0.15, -0.1) is 0 Å². The molecular formula is C12H11F4N3O2S. The largest absolute Gasteiger partial charge is 0.319 e. The van der Waals surface area contributed by atoms with Crippen molar-refractivity contribution in [2.24, 2.45) is 0 Å². The fourth-order valence-electron chi connectivity index (χ4n) is 1.78. The van der Waals surface area contributed by atoms with Crippen molar-refractivity contribution in [3.05, 3.63) is 48.1 Å². The van der Waals surface area contributed by atoms with Crippen molar-refractivity contribution < 1.29 is 26.0 Å². The number of hydrogen-bond donors (Lipinski definition) is 0. The lowest BCUT2D eigenvalue weighted by molar-refractivity contribution is 0.0658. The second-order valence-electron chi connectivity index (χ2n) is 4.36. The van der Waals surface area contributed by atoms with Crippen molar-refractivity contribution in [3.63, 3.8) is 0 Å². The third kappa shape index (κ3) is 3.12. The average molecular weight is 337 g/mol. The number of aromatic nitrogens is 2. The zero-order valence-electron chi connectivity index (χ0n) is 11.2. The Hall–Kier alpha value is -1.94. The molecule has 120 valence electrons. The van der Waals surface area contributed by atoms with Gasteiger partial charge in [0.2, 0.25) is 10.0 Å². The monoisotopic (exact) mass is 337 g/mol. The van der Waals surface area contributed by atoms with Gasteiger partial charge < -0.3 is 0 Å². The van der Waals surface area contributed by atoms with E-state index in [1.165, 1.54) is 0 Å². The van der Waals surface area contributed by atoms with Crippen molar-refractivity contribution in [1.82, 2.24) is 13.9 Å². The van der Waals surface area contributed by atoms with Crippen molar-refractivity contribution in [1.29, 1.82) is 0 Å². The summed E-state index contributed by atoms with van der Waals surface area (Å²) in [5, 5.41) is 0. The van der Waals surface area contributed by atoms with Crippen LogP contribution in [0.25, 0.3) is 0 Å². The summed E-state index contributed by atoms with van der Waals surface area (Å²) in [5.74, 6) is -2.39. The molecule has 1 aromatic heterocycles. The van der Waals surface area contributed by atoms with Crippen LogP contribution in [0.5, 0.6) is 0 Å². The molecule has 0 atom stereocenters. The van der Waals surface area contributed by atoms with E-state index in [0.29, 0.717) is 14.9 Å². The Kier molecular flexibility index (Phi) is 4.52. The van der Waals surface area contributed by atoms with Crippen LogP contribution in [0.15, 0.2) is 35.5 Å². The Morgan fingerprint density at radius 2 is 2.00 bits per heavy atom. The van der Waals surface area contributed by atoms with Gasteiger partial charge in [0.05, 0.1) is 6.54 Å². The summed E-state index contributed by atoms with van der Waals surface area (Å²) in [5.41, 5.74) is 0. The lowest BCUT2D eigenvalue weighted by Crippen LogP contribution is -2.28. The summed E-state index contributed by atoms with van der Waals surface area (Å²) in [6.45, 7) is -3.37. The fourth-order valence-corrected chi connectivity index (χ4v) is 2.95. The van der Waals surface area contributed by atoms with E-state index in [1.54, 1.807) is 0 Å². The van der Waals surface area contributed by atoms with Crippen LogP contribution in [0, 0.1) is 11.6 Å². The summed E-state index contributed by atoms with van der Waals surface area (Å²) in [6.07, 6.45) is 2.10. The number of rotatable bonds is 5. The normalized spacial score (nSPS) is 12.3.